The lowest BCUT2D eigenvalue weighted by Crippen LogP contribution is -2.59. The number of aryl methyl sites for hydroxylation is 2. The Bertz CT molecular complexity index is 1340. The predicted molar refractivity (Wildman–Crippen MR) is 160 cm³/mol. The number of ether oxygens (including phenoxy) is 2. The standard InChI is InChI=1S/C34H42N2O6/c1-6-19-35(28-22(4)13-12-14-23(28)5)31(39)29-34-18-17-33(7-2,42-34)27(32(40)41-8-3)26(34)30(38)36(29)25(21-37)20-24-15-10-9-11-16-24/h6,9-16,25-27,29,37H,1,7-8,17-21H2,2-5H3/t25-,26+,27+,29?,33-,34?/m1/s1. The minimum Gasteiger partial charge on any atom is -0.466 e. The quantitative estimate of drug-likeness (QED) is 0.320. The molecule has 0 aromatic heterocycles. The maximum atomic E-state index is 15.0. The summed E-state index contributed by atoms with van der Waals surface area (Å²) in [5.74, 6) is -2.81. The molecule has 6 atom stereocenters. The van der Waals surface area contributed by atoms with Crippen LogP contribution in [0.15, 0.2) is 61.2 Å². The molecule has 3 heterocycles. The van der Waals surface area contributed by atoms with Crippen molar-refractivity contribution in [2.24, 2.45) is 11.8 Å². The first-order chi connectivity index (χ1) is 20.2. The molecule has 3 aliphatic rings. The molecule has 224 valence electrons. The number of aliphatic hydroxyl groups excluding tert-OH is 1. The van der Waals surface area contributed by atoms with Crippen LogP contribution < -0.4 is 4.90 Å². The molecule has 2 bridgehead atoms. The van der Waals surface area contributed by atoms with Crippen LogP contribution in [0.25, 0.3) is 0 Å². The number of carbonyl (C=O) groups excluding carboxylic acids is 3. The molecular formula is C34H42N2O6. The van der Waals surface area contributed by atoms with Crippen LogP contribution in [0, 0.1) is 25.7 Å². The van der Waals surface area contributed by atoms with Crippen molar-refractivity contribution in [1.82, 2.24) is 4.90 Å². The van der Waals surface area contributed by atoms with Crippen molar-refractivity contribution in [3.05, 3.63) is 77.9 Å². The number of anilines is 1. The Morgan fingerprint density at radius 3 is 2.43 bits per heavy atom. The van der Waals surface area contributed by atoms with Gasteiger partial charge in [-0.15, -0.1) is 6.58 Å². The molecule has 2 amide bonds. The molecule has 3 aliphatic heterocycles. The largest absolute Gasteiger partial charge is 0.466 e. The van der Waals surface area contributed by atoms with Crippen LogP contribution in [-0.4, -0.2) is 70.8 Å². The Morgan fingerprint density at radius 1 is 1.14 bits per heavy atom. The lowest BCUT2D eigenvalue weighted by atomic mass is 9.65. The van der Waals surface area contributed by atoms with E-state index in [4.69, 9.17) is 9.47 Å². The van der Waals surface area contributed by atoms with Crippen LogP contribution in [0.2, 0.25) is 0 Å². The Morgan fingerprint density at radius 2 is 1.83 bits per heavy atom. The monoisotopic (exact) mass is 574 g/mol. The van der Waals surface area contributed by atoms with Gasteiger partial charge in [0.05, 0.1) is 30.8 Å². The number of hydrogen-bond donors (Lipinski definition) is 1. The zero-order chi connectivity index (χ0) is 30.2. The van der Waals surface area contributed by atoms with Gasteiger partial charge in [0, 0.05) is 12.2 Å². The third-order valence-electron chi connectivity index (χ3n) is 9.60. The number of esters is 1. The molecule has 2 aromatic carbocycles. The van der Waals surface area contributed by atoms with Crippen molar-refractivity contribution >= 4 is 23.5 Å². The van der Waals surface area contributed by atoms with E-state index in [0.29, 0.717) is 25.7 Å². The van der Waals surface area contributed by atoms with Crippen molar-refractivity contribution in [2.45, 2.75) is 76.7 Å². The summed E-state index contributed by atoms with van der Waals surface area (Å²) in [5.41, 5.74) is 1.43. The van der Waals surface area contributed by atoms with Crippen molar-refractivity contribution in [3.63, 3.8) is 0 Å². The molecule has 2 unspecified atom stereocenters. The average molecular weight is 575 g/mol. The van der Waals surface area contributed by atoms with Gasteiger partial charge < -0.3 is 24.4 Å². The van der Waals surface area contributed by atoms with E-state index in [1.54, 1.807) is 22.8 Å². The highest BCUT2D eigenvalue weighted by Gasteiger charge is 2.79. The summed E-state index contributed by atoms with van der Waals surface area (Å²) >= 11 is 0. The summed E-state index contributed by atoms with van der Waals surface area (Å²) in [7, 11) is 0. The van der Waals surface area contributed by atoms with Crippen molar-refractivity contribution < 1.29 is 29.0 Å². The molecule has 8 nitrogen and oxygen atoms in total. The molecule has 1 N–H and O–H groups in total. The number of benzene rings is 2. The summed E-state index contributed by atoms with van der Waals surface area (Å²) in [6.45, 7) is 11.6. The van der Waals surface area contributed by atoms with E-state index in [9.17, 15) is 19.5 Å². The number of nitrogens with zero attached hydrogens (tertiary/aromatic N) is 2. The van der Waals surface area contributed by atoms with E-state index in [1.165, 1.54) is 0 Å². The molecule has 0 saturated carbocycles. The zero-order valence-corrected chi connectivity index (χ0v) is 25.0. The van der Waals surface area contributed by atoms with Crippen LogP contribution in [-0.2, 0) is 30.3 Å². The normalized spacial score (nSPS) is 28.5. The molecule has 42 heavy (non-hydrogen) atoms. The molecule has 3 saturated heterocycles. The second-order valence-electron chi connectivity index (χ2n) is 11.8. The zero-order valence-electron chi connectivity index (χ0n) is 25.0. The lowest BCUT2D eigenvalue weighted by molar-refractivity contribution is -0.161. The second-order valence-corrected chi connectivity index (χ2v) is 11.8. The molecule has 5 rings (SSSR count). The highest BCUT2D eigenvalue weighted by Crippen LogP contribution is 2.65. The summed E-state index contributed by atoms with van der Waals surface area (Å²) in [4.78, 5) is 46.4. The van der Waals surface area contributed by atoms with E-state index in [0.717, 1.165) is 22.4 Å². The molecule has 3 fully saturated rings. The number of aliphatic hydroxyl groups is 1. The van der Waals surface area contributed by atoms with Gasteiger partial charge in [-0.25, -0.2) is 0 Å². The number of hydrogen-bond acceptors (Lipinski definition) is 6. The van der Waals surface area contributed by atoms with Crippen LogP contribution in [0.4, 0.5) is 5.69 Å². The van der Waals surface area contributed by atoms with E-state index in [2.05, 4.69) is 6.58 Å². The average Bonchev–Trinajstić information content (AvgIpc) is 3.59. The molecule has 0 aliphatic carbocycles. The Kier molecular flexibility index (Phi) is 8.32. The van der Waals surface area contributed by atoms with Gasteiger partial charge in [-0.3, -0.25) is 14.4 Å². The number of para-hydroxylation sites is 1. The number of likely N-dealkylation sites (tertiary alicyclic amines) is 1. The van der Waals surface area contributed by atoms with E-state index in [1.807, 2.05) is 69.3 Å². The van der Waals surface area contributed by atoms with Crippen LogP contribution in [0.1, 0.15) is 49.8 Å². The minimum absolute atomic E-state index is 0.183. The summed E-state index contributed by atoms with van der Waals surface area (Å²) in [6.07, 6.45) is 3.54. The lowest BCUT2D eigenvalue weighted by Gasteiger charge is -2.40. The van der Waals surface area contributed by atoms with Crippen molar-refractivity contribution in [3.8, 4) is 0 Å². The summed E-state index contributed by atoms with van der Waals surface area (Å²) < 4.78 is 12.4. The highest BCUT2D eigenvalue weighted by atomic mass is 16.6. The Balaban J connectivity index is 1.67. The van der Waals surface area contributed by atoms with Gasteiger partial charge in [0.1, 0.15) is 17.6 Å². The molecule has 8 heteroatoms. The smallest absolute Gasteiger partial charge is 0.312 e. The van der Waals surface area contributed by atoms with Gasteiger partial charge in [0.15, 0.2) is 0 Å². The third kappa shape index (κ3) is 4.56. The van der Waals surface area contributed by atoms with Gasteiger partial charge in [-0.1, -0.05) is 61.5 Å². The fourth-order valence-corrected chi connectivity index (χ4v) is 7.86. The molecule has 1 spiro atoms. The first kappa shape index (κ1) is 30.0. The van der Waals surface area contributed by atoms with Crippen LogP contribution in [0.3, 0.4) is 0 Å². The van der Waals surface area contributed by atoms with Crippen LogP contribution >= 0.6 is 0 Å². The third-order valence-corrected chi connectivity index (χ3v) is 9.60. The first-order valence-corrected chi connectivity index (χ1v) is 15.0. The van der Waals surface area contributed by atoms with E-state index in [-0.39, 0.29) is 31.6 Å². The molecule has 2 aromatic rings. The number of amides is 2. The van der Waals surface area contributed by atoms with E-state index < -0.39 is 41.1 Å². The maximum Gasteiger partial charge on any atom is 0.312 e. The second kappa shape index (κ2) is 11.7. The van der Waals surface area contributed by atoms with Crippen LogP contribution in [0.5, 0.6) is 0 Å². The van der Waals surface area contributed by atoms with Gasteiger partial charge in [-0.05, 0) is 63.1 Å². The van der Waals surface area contributed by atoms with Gasteiger partial charge in [0.25, 0.3) is 5.91 Å². The molecular weight excluding hydrogens is 532 g/mol. The Labute approximate surface area is 248 Å². The SMILES string of the molecule is C=CCN(C(=O)C1N([C@@H](CO)Cc2ccccc2)C(=O)[C@@H]2[C@@H](C(=O)OCC)[C@@]3(CC)CCC12O3)c1c(C)cccc1C. The number of rotatable bonds is 11. The van der Waals surface area contributed by atoms with Crippen molar-refractivity contribution in [2.75, 3.05) is 24.7 Å². The predicted octanol–water partition coefficient (Wildman–Crippen LogP) is 4.14. The molecule has 0 radical (unpaired) electrons. The number of carbonyl (C=O) groups is 3. The topological polar surface area (TPSA) is 96.4 Å². The van der Waals surface area contributed by atoms with E-state index >= 15 is 0 Å². The number of fused-ring (bicyclic) bond motifs is 1. The first-order valence-electron chi connectivity index (χ1n) is 15.0. The van der Waals surface area contributed by atoms with Crippen molar-refractivity contribution in [1.29, 1.82) is 0 Å². The fraction of sp³-hybridized carbons (Fsp3) is 0.500. The highest BCUT2D eigenvalue weighted by molar-refractivity contribution is 6.05. The summed E-state index contributed by atoms with van der Waals surface area (Å²) in [5, 5.41) is 10.7. The minimum atomic E-state index is -1.22. The Hall–Kier alpha value is -3.49. The maximum absolute atomic E-state index is 15.0. The van der Waals surface area contributed by atoms with Gasteiger partial charge >= 0.3 is 5.97 Å². The van der Waals surface area contributed by atoms with Gasteiger partial charge in [-0.2, -0.15) is 0 Å². The van der Waals surface area contributed by atoms with Gasteiger partial charge in [0.2, 0.25) is 5.91 Å². The fourth-order valence-electron chi connectivity index (χ4n) is 7.86. The summed E-state index contributed by atoms with van der Waals surface area (Å²) in [6, 6.07) is 13.7.